The van der Waals surface area contributed by atoms with E-state index in [1.165, 1.54) is 27.3 Å². The van der Waals surface area contributed by atoms with Crippen LogP contribution < -0.4 is 4.74 Å². The molecule has 6 rings (SSSR count). The lowest BCUT2D eigenvalue weighted by Crippen LogP contribution is -2.59. The van der Waals surface area contributed by atoms with Crippen molar-refractivity contribution in [2.45, 2.75) is 54.2 Å². The van der Waals surface area contributed by atoms with Gasteiger partial charge in [0, 0.05) is 47.7 Å². The van der Waals surface area contributed by atoms with Gasteiger partial charge in [0.15, 0.2) is 0 Å². The Morgan fingerprint density at radius 2 is 1.62 bits per heavy atom. The summed E-state index contributed by atoms with van der Waals surface area (Å²) in [6, 6.07) is 28.2. The number of hydrazone groups is 1. The lowest BCUT2D eigenvalue weighted by atomic mass is 9.90. The first kappa shape index (κ1) is 21.8. The molecule has 0 bridgehead atoms. The van der Waals surface area contributed by atoms with Crippen molar-refractivity contribution in [2.24, 2.45) is 5.10 Å². The van der Waals surface area contributed by atoms with Gasteiger partial charge in [0.25, 0.3) is 0 Å². The van der Waals surface area contributed by atoms with Crippen LogP contribution in [0.3, 0.4) is 0 Å². The standard InChI is InChI=1S/C29H31N3OS/c1-2-18-31-19-16-29(17-20-31)32-27(25-10-6-7-11-28(25)33-29)21-26(30-32)22-12-14-24(15-13-22)34-23-8-4-3-5-9-23/h3-15,27H,2,16-21H2,1H3/t27-/m0/s1. The van der Waals surface area contributed by atoms with Gasteiger partial charge in [0.2, 0.25) is 5.72 Å². The minimum atomic E-state index is -0.339. The zero-order chi connectivity index (χ0) is 23.0. The van der Waals surface area contributed by atoms with E-state index in [2.05, 4.69) is 95.7 Å². The highest BCUT2D eigenvalue weighted by Crippen LogP contribution is 2.50. The average molecular weight is 470 g/mol. The first-order chi connectivity index (χ1) is 16.7. The van der Waals surface area contributed by atoms with Gasteiger partial charge in [-0.15, -0.1) is 0 Å². The lowest BCUT2D eigenvalue weighted by molar-refractivity contribution is -0.149. The summed E-state index contributed by atoms with van der Waals surface area (Å²) < 4.78 is 6.76. The van der Waals surface area contributed by atoms with Crippen LogP contribution in [0.15, 0.2) is 93.8 Å². The molecule has 1 fully saturated rings. The van der Waals surface area contributed by atoms with Crippen molar-refractivity contribution >= 4 is 17.5 Å². The fourth-order valence-electron chi connectivity index (χ4n) is 5.52. The van der Waals surface area contributed by atoms with E-state index in [4.69, 9.17) is 9.84 Å². The van der Waals surface area contributed by atoms with Crippen LogP contribution in [0.4, 0.5) is 0 Å². The van der Waals surface area contributed by atoms with Gasteiger partial charge in [-0.25, -0.2) is 5.01 Å². The zero-order valence-corrected chi connectivity index (χ0v) is 20.5. The largest absolute Gasteiger partial charge is 0.466 e. The molecule has 0 aliphatic carbocycles. The Labute approximate surface area is 206 Å². The van der Waals surface area contributed by atoms with Gasteiger partial charge >= 0.3 is 0 Å². The van der Waals surface area contributed by atoms with Gasteiger partial charge in [0.1, 0.15) is 5.75 Å². The average Bonchev–Trinajstić information content (AvgIpc) is 3.34. The van der Waals surface area contributed by atoms with Crippen molar-refractivity contribution in [2.75, 3.05) is 19.6 Å². The van der Waals surface area contributed by atoms with E-state index in [1.54, 1.807) is 11.8 Å². The molecule has 34 heavy (non-hydrogen) atoms. The quantitative estimate of drug-likeness (QED) is 0.422. The van der Waals surface area contributed by atoms with E-state index in [0.29, 0.717) is 0 Å². The summed E-state index contributed by atoms with van der Waals surface area (Å²) in [7, 11) is 0. The number of benzene rings is 3. The lowest BCUT2D eigenvalue weighted by Gasteiger charge is -2.51. The van der Waals surface area contributed by atoms with Crippen molar-refractivity contribution in [3.63, 3.8) is 0 Å². The molecule has 174 valence electrons. The molecule has 1 saturated heterocycles. The van der Waals surface area contributed by atoms with Crippen LogP contribution in [-0.4, -0.2) is 41.0 Å². The maximum absolute atomic E-state index is 6.76. The summed E-state index contributed by atoms with van der Waals surface area (Å²) in [5.74, 6) is 1.04. The number of piperidine rings is 1. The van der Waals surface area contributed by atoms with Crippen LogP contribution in [-0.2, 0) is 0 Å². The van der Waals surface area contributed by atoms with Gasteiger partial charge in [-0.2, -0.15) is 5.10 Å². The van der Waals surface area contributed by atoms with Gasteiger partial charge in [-0.05, 0) is 48.9 Å². The predicted octanol–water partition coefficient (Wildman–Crippen LogP) is 6.58. The minimum Gasteiger partial charge on any atom is -0.466 e. The Balaban J connectivity index is 1.27. The molecule has 1 atom stereocenters. The van der Waals surface area contributed by atoms with Crippen molar-refractivity contribution < 1.29 is 4.74 Å². The molecule has 0 aromatic heterocycles. The highest BCUT2D eigenvalue weighted by Gasteiger charge is 2.51. The second kappa shape index (κ2) is 9.12. The number of para-hydroxylation sites is 1. The van der Waals surface area contributed by atoms with Crippen molar-refractivity contribution in [3.8, 4) is 5.75 Å². The Bertz CT molecular complexity index is 1170. The van der Waals surface area contributed by atoms with Crippen LogP contribution in [0.25, 0.3) is 0 Å². The number of rotatable bonds is 5. The molecule has 0 N–H and O–H groups in total. The molecule has 0 amide bonds. The summed E-state index contributed by atoms with van der Waals surface area (Å²) in [6.45, 7) is 5.55. The third-order valence-electron chi connectivity index (χ3n) is 7.25. The normalized spacial score (nSPS) is 21.0. The summed E-state index contributed by atoms with van der Waals surface area (Å²) >= 11 is 1.80. The van der Waals surface area contributed by atoms with Crippen LogP contribution in [0.2, 0.25) is 0 Å². The fraction of sp³-hybridized carbons (Fsp3) is 0.345. The van der Waals surface area contributed by atoms with E-state index in [9.17, 15) is 0 Å². The first-order valence-electron chi connectivity index (χ1n) is 12.4. The van der Waals surface area contributed by atoms with Crippen LogP contribution in [0.1, 0.15) is 49.8 Å². The van der Waals surface area contributed by atoms with Crippen molar-refractivity contribution in [1.29, 1.82) is 0 Å². The summed E-state index contributed by atoms with van der Waals surface area (Å²) in [5.41, 5.74) is 3.30. The third kappa shape index (κ3) is 4.01. The fourth-order valence-corrected chi connectivity index (χ4v) is 6.35. The van der Waals surface area contributed by atoms with Crippen molar-refractivity contribution in [3.05, 3.63) is 90.0 Å². The smallest absolute Gasteiger partial charge is 0.200 e. The first-order valence-corrected chi connectivity index (χ1v) is 13.3. The Kier molecular flexibility index (Phi) is 5.84. The van der Waals surface area contributed by atoms with E-state index >= 15 is 0 Å². The van der Waals surface area contributed by atoms with Gasteiger partial charge in [-0.3, -0.25) is 0 Å². The number of ether oxygens (including phenoxy) is 1. The Morgan fingerprint density at radius 1 is 0.912 bits per heavy atom. The van der Waals surface area contributed by atoms with Crippen LogP contribution in [0.5, 0.6) is 5.75 Å². The van der Waals surface area contributed by atoms with Gasteiger partial charge in [0.05, 0.1) is 11.8 Å². The zero-order valence-electron chi connectivity index (χ0n) is 19.7. The summed E-state index contributed by atoms with van der Waals surface area (Å²) in [5, 5.41) is 7.56. The molecule has 0 unspecified atom stereocenters. The third-order valence-corrected chi connectivity index (χ3v) is 8.27. The number of likely N-dealkylation sites (tertiary alicyclic amines) is 1. The monoisotopic (exact) mass is 469 g/mol. The van der Waals surface area contributed by atoms with Crippen LogP contribution >= 0.6 is 11.8 Å². The molecule has 1 spiro atoms. The molecular weight excluding hydrogens is 438 g/mol. The number of fused-ring (bicyclic) bond motifs is 4. The van der Waals surface area contributed by atoms with E-state index in [1.807, 2.05) is 0 Å². The topological polar surface area (TPSA) is 28.1 Å². The second-order valence-electron chi connectivity index (χ2n) is 9.48. The minimum absolute atomic E-state index is 0.246. The molecule has 4 nitrogen and oxygen atoms in total. The molecule has 5 heteroatoms. The highest BCUT2D eigenvalue weighted by molar-refractivity contribution is 7.99. The van der Waals surface area contributed by atoms with Gasteiger partial charge < -0.3 is 9.64 Å². The predicted molar refractivity (Wildman–Crippen MR) is 139 cm³/mol. The second-order valence-corrected chi connectivity index (χ2v) is 10.6. The highest BCUT2D eigenvalue weighted by atomic mass is 32.2. The Morgan fingerprint density at radius 3 is 2.38 bits per heavy atom. The van der Waals surface area contributed by atoms with Gasteiger partial charge in [-0.1, -0.05) is 67.2 Å². The number of hydrogen-bond donors (Lipinski definition) is 0. The molecule has 3 aromatic carbocycles. The molecule has 3 aromatic rings. The van der Waals surface area contributed by atoms with E-state index < -0.39 is 0 Å². The SMILES string of the molecule is CCCN1CCC2(CC1)Oc1ccccc1[C@@H]1CC(c3ccc(Sc4ccccc4)cc3)=NN12. The number of nitrogens with zero attached hydrogens (tertiary/aromatic N) is 3. The molecule has 0 radical (unpaired) electrons. The summed E-state index contributed by atoms with van der Waals surface area (Å²) in [6.07, 6.45) is 4.10. The van der Waals surface area contributed by atoms with E-state index in [0.717, 1.165) is 50.4 Å². The van der Waals surface area contributed by atoms with Crippen LogP contribution in [0, 0.1) is 0 Å². The molecule has 0 saturated carbocycles. The summed E-state index contributed by atoms with van der Waals surface area (Å²) in [4.78, 5) is 5.07. The molecule has 3 heterocycles. The Hall–Kier alpha value is -2.76. The molecule has 3 aliphatic rings. The molecular formula is C29H31N3OS. The van der Waals surface area contributed by atoms with Crippen molar-refractivity contribution in [1.82, 2.24) is 9.91 Å². The number of hydrogen-bond acceptors (Lipinski definition) is 5. The maximum Gasteiger partial charge on any atom is 0.200 e. The molecule has 3 aliphatic heterocycles. The van der Waals surface area contributed by atoms with E-state index in [-0.39, 0.29) is 11.8 Å². The maximum atomic E-state index is 6.76.